The third-order valence-corrected chi connectivity index (χ3v) is 4.48. The third kappa shape index (κ3) is 5.42. The van der Waals surface area contributed by atoms with Crippen molar-refractivity contribution in [2.45, 2.75) is 0 Å². The maximum absolute atomic E-state index is 10.6. The Bertz CT molecular complexity index is 1010. The van der Waals surface area contributed by atoms with Crippen molar-refractivity contribution in [2.24, 2.45) is 0 Å². The molecular formula is C26H20O4. The van der Waals surface area contributed by atoms with Crippen molar-refractivity contribution < 1.29 is 19.8 Å². The Morgan fingerprint density at radius 1 is 0.400 bits per heavy atom. The molecule has 0 aliphatic carbocycles. The highest BCUT2D eigenvalue weighted by atomic mass is 16.4. The van der Waals surface area contributed by atoms with Crippen LogP contribution in [-0.2, 0) is 0 Å². The summed E-state index contributed by atoms with van der Waals surface area (Å²) in [5.41, 5.74) is 4.87. The number of hydrogen-bond acceptors (Lipinski definition) is 2. The molecule has 0 fully saturated rings. The Hall–Kier alpha value is -4.18. The summed E-state index contributed by atoms with van der Waals surface area (Å²) >= 11 is 0. The number of rotatable bonds is 4. The topological polar surface area (TPSA) is 74.6 Å². The zero-order valence-corrected chi connectivity index (χ0v) is 16.1. The van der Waals surface area contributed by atoms with Crippen molar-refractivity contribution in [3.05, 3.63) is 120 Å². The van der Waals surface area contributed by atoms with Crippen LogP contribution in [0.15, 0.2) is 109 Å². The first-order valence-electron chi connectivity index (χ1n) is 9.32. The van der Waals surface area contributed by atoms with Crippen LogP contribution in [0.3, 0.4) is 0 Å². The Morgan fingerprint density at radius 2 is 0.667 bits per heavy atom. The molecule has 4 rings (SSSR count). The van der Waals surface area contributed by atoms with Gasteiger partial charge >= 0.3 is 11.9 Å². The van der Waals surface area contributed by atoms with E-state index in [2.05, 4.69) is 0 Å². The lowest BCUT2D eigenvalue weighted by Gasteiger charge is -2.01. The molecule has 148 valence electrons. The van der Waals surface area contributed by atoms with Gasteiger partial charge in [0.05, 0.1) is 11.1 Å². The van der Waals surface area contributed by atoms with Gasteiger partial charge in [-0.1, -0.05) is 84.9 Å². The minimum Gasteiger partial charge on any atom is -0.478 e. The lowest BCUT2D eigenvalue weighted by molar-refractivity contribution is 0.0686. The second-order valence-electron chi connectivity index (χ2n) is 6.50. The average molecular weight is 396 g/mol. The summed E-state index contributed by atoms with van der Waals surface area (Å²) in [6.45, 7) is 0. The van der Waals surface area contributed by atoms with Crippen LogP contribution in [-0.4, -0.2) is 22.2 Å². The molecule has 0 aliphatic heterocycles. The van der Waals surface area contributed by atoms with Crippen LogP contribution in [0.25, 0.3) is 22.3 Å². The second-order valence-corrected chi connectivity index (χ2v) is 6.50. The number of carbonyl (C=O) groups is 2. The largest absolute Gasteiger partial charge is 0.478 e. The lowest BCUT2D eigenvalue weighted by atomic mass is 10.0. The van der Waals surface area contributed by atoms with Crippen molar-refractivity contribution >= 4 is 11.9 Å². The molecule has 30 heavy (non-hydrogen) atoms. The van der Waals surface area contributed by atoms with Gasteiger partial charge < -0.3 is 10.2 Å². The number of hydrogen-bond donors (Lipinski definition) is 2. The number of aromatic carboxylic acids is 2. The maximum atomic E-state index is 10.6. The first-order valence-corrected chi connectivity index (χ1v) is 9.32. The molecule has 0 aliphatic rings. The highest BCUT2D eigenvalue weighted by Gasteiger charge is 2.03. The normalized spacial score (nSPS) is 9.87. The van der Waals surface area contributed by atoms with E-state index in [1.54, 1.807) is 24.3 Å². The van der Waals surface area contributed by atoms with Gasteiger partial charge in [-0.3, -0.25) is 0 Å². The number of carboxylic acids is 2. The average Bonchev–Trinajstić information content (AvgIpc) is 2.81. The molecule has 0 amide bonds. The Morgan fingerprint density at radius 3 is 0.933 bits per heavy atom. The minimum atomic E-state index is -0.894. The fraction of sp³-hybridized carbons (Fsp3) is 0. The summed E-state index contributed by atoms with van der Waals surface area (Å²) in [5, 5.41) is 17.5. The SMILES string of the molecule is O=C(O)c1ccc(-c2ccccc2)cc1.O=C(O)c1ccc(-c2ccccc2)cc1. The van der Waals surface area contributed by atoms with E-state index < -0.39 is 11.9 Å². The first kappa shape index (κ1) is 20.6. The second kappa shape index (κ2) is 9.85. The molecule has 0 aromatic heterocycles. The summed E-state index contributed by atoms with van der Waals surface area (Å²) in [6.07, 6.45) is 0. The van der Waals surface area contributed by atoms with Gasteiger partial charge in [0.1, 0.15) is 0 Å². The van der Waals surface area contributed by atoms with Crippen LogP contribution < -0.4 is 0 Å². The van der Waals surface area contributed by atoms with Crippen molar-refractivity contribution in [1.29, 1.82) is 0 Å². The molecule has 0 radical (unpaired) electrons. The fourth-order valence-corrected chi connectivity index (χ4v) is 2.87. The zero-order chi connectivity index (χ0) is 21.3. The standard InChI is InChI=1S/2C13H10O2/c2*14-13(15)12-8-6-11(7-9-12)10-4-2-1-3-5-10/h2*1-9H,(H,14,15). The van der Waals surface area contributed by atoms with E-state index in [4.69, 9.17) is 10.2 Å². The van der Waals surface area contributed by atoms with Gasteiger partial charge in [-0.25, -0.2) is 9.59 Å². The summed E-state index contributed by atoms with van der Waals surface area (Å²) in [7, 11) is 0. The van der Waals surface area contributed by atoms with E-state index in [9.17, 15) is 9.59 Å². The smallest absolute Gasteiger partial charge is 0.335 e. The van der Waals surface area contributed by atoms with Gasteiger partial charge in [-0.15, -0.1) is 0 Å². The van der Waals surface area contributed by atoms with E-state index >= 15 is 0 Å². The molecule has 0 saturated carbocycles. The Balaban J connectivity index is 0.000000171. The van der Waals surface area contributed by atoms with E-state index in [0.717, 1.165) is 22.3 Å². The molecule has 0 heterocycles. The van der Waals surface area contributed by atoms with Gasteiger partial charge in [0.25, 0.3) is 0 Å². The van der Waals surface area contributed by atoms with Gasteiger partial charge in [-0.05, 0) is 46.5 Å². The van der Waals surface area contributed by atoms with Crippen LogP contribution in [0, 0.1) is 0 Å². The summed E-state index contributed by atoms with van der Waals surface area (Å²) in [6, 6.07) is 33.5. The van der Waals surface area contributed by atoms with Crippen LogP contribution >= 0.6 is 0 Å². The summed E-state index contributed by atoms with van der Waals surface area (Å²) < 4.78 is 0. The molecule has 4 aromatic rings. The monoisotopic (exact) mass is 396 g/mol. The molecule has 2 N–H and O–H groups in total. The molecule has 0 spiro atoms. The van der Waals surface area contributed by atoms with Crippen LogP contribution in [0.5, 0.6) is 0 Å². The van der Waals surface area contributed by atoms with Crippen LogP contribution in [0.1, 0.15) is 20.7 Å². The first-order chi connectivity index (χ1) is 14.5. The number of benzene rings is 4. The van der Waals surface area contributed by atoms with Crippen molar-refractivity contribution in [3.63, 3.8) is 0 Å². The minimum absolute atomic E-state index is 0.315. The van der Waals surface area contributed by atoms with Gasteiger partial charge in [0.2, 0.25) is 0 Å². The Kier molecular flexibility index (Phi) is 6.74. The maximum Gasteiger partial charge on any atom is 0.335 e. The molecule has 0 atom stereocenters. The van der Waals surface area contributed by atoms with E-state index in [-0.39, 0.29) is 0 Å². The third-order valence-electron chi connectivity index (χ3n) is 4.48. The molecule has 0 saturated heterocycles. The van der Waals surface area contributed by atoms with E-state index in [1.165, 1.54) is 0 Å². The Labute approximate surface area is 174 Å². The molecular weight excluding hydrogens is 376 g/mol. The van der Waals surface area contributed by atoms with Gasteiger partial charge in [0, 0.05) is 0 Å². The summed E-state index contributed by atoms with van der Waals surface area (Å²) in [4.78, 5) is 21.3. The molecule has 0 bridgehead atoms. The lowest BCUT2D eigenvalue weighted by Crippen LogP contribution is -1.94. The van der Waals surface area contributed by atoms with E-state index in [1.807, 2.05) is 84.9 Å². The van der Waals surface area contributed by atoms with Crippen LogP contribution in [0.4, 0.5) is 0 Å². The highest BCUT2D eigenvalue weighted by molar-refractivity contribution is 5.88. The summed E-state index contributed by atoms with van der Waals surface area (Å²) in [5.74, 6) is -1.79. The fourth-order valence-electron chi connectivity index (χ4n) is 2.87. The van der Waals surface area contributed by atoms with Crippen molar-refractivity contribution in [1.82, 2.24) is 0 Å². The molecule has 4 heteroatoms. The predicted molar refractivity (Wildman–Crippen MR) is 118 cm³/mol. The van der Waals surface area contributed by atoms with Crippen molar-refractivity contribution in [3.8, 4) is 22.3 Å². The number of carboxylic acid groups (broad SMARTS) is 2. The van der Waals surface area contributed by atoms with Gasteiger partial charge in [0.15, 0.2) is 0 Å². The highest BCUT2D eigenvalue weighted by Crippen LogP contribution is 2.20. The van der Waals surface area contributed by atoms with E-state index in [0.29, 0.717) is 11.1 Å². The predicted octanol–water partition coefficient (Wildman–Crippen LogP) is 6.10. The zero-order valence-electron chi connectivity index (χ0n) is 16.1. The van der Waals surface area contributed by atoms with Crippen LogP contribution in [0.2, 0.25) is 0 Å². The molecule has 4 aromatic carbocycles. The molecule has 4 nitrogen and oxygen atoms in total. The quantitative estimate of drug-likeness (QED) is 0.437. The van der Waals surface area contributed by atoms with Crippen molar-refractivity contribution in [2.75, 3.05) is 0 Å². The molecule has 0 unspecified atom stereocenters. The van der Waals surface area contributed by atoms with Gasteiger partial charge in [-0.2, -0.15) is 0 Å².